The second-order valence-electron chi connectivity index (χ2n) is 3.45. The van der Waals surface area contributed by atoms with Gasteiger partial charge in [0, 0.05) is 0 Å². The van der Waals surface area contributed by atoms with Crippen molar-refractivity contribution in [3.05, 3.63) is 0 Å². The first kappa shape index (κ1) is 12.8. The predicted molar refractivity (Wildman–Crippen MR) is 58.7 cm³/mol. The molecule has 0 unspecified atom stereocenters. The Morgan fingerprint density at radius 2 is 1.86 bits per heavy atom. The van der Waals surface area contributed by atoms with Crippen molar-refractivity contribution in [1.82, 2.24) is 5.32 Å². The molecule has 14 heavy (non-hydrogen) atoms. The van der Waals surface area contributed by atoms with Crippen LogP contribution in [0.5, 0.6) is 0 Å². The third-order valence-corrected chi connectivity index (χ3v) is 2.08. The number of hydrogen-bond acceptors (Lipinski definition) is 1. The van der Waals surface area contributed by atoms with Gasteiger partial charge in [-0.1, -0.05) is 32.6 Å². The van der Waals surface area contributed by atoms with Gasteiger partial charge >= 0.3 is 6.03 Å². The number of nitrogens with one attached hydrogen (secondary N) is 1. The van der Waals surface area contributed by atoms with Crippen molar-refractivity contribution in [3.63, 3.8) is 0 Å². The average molecular weight is 196 g/mol. The van der Waals surface area contributed by atoms with Crippen LogP contribution in [0, 0.1) is 11.8 Å². The van der Waals surface area contributed by atoms with Gasteiger partial charge in [-0.15, -0.1) is 5.92 Å². The summed E-state index contributed by atoms with van der Waals surface area (Å²) >= 11 is 0. The minimum Gasteiger partial charge on any atom is -0.352 e. The van der Waals surface area contributed by atoms with E-state index in [4.69, 9.17) is 5.73 Å². The molecule has 0 aromatic heterocycles. The zero-order chi connectivity index (χ0) is 11.0. The Morgan fingerprint density at radius 3 is 2.14 bits per heavy atom. The molecule has 2 amide bonds. The molecule has 0 heterocycles. The average Bonchev–Trinajstić information content (AvgIpc) is 2.03. The lowest BCUT2D eigenvalue weighted by atomic mass is 9.89. The van der Waals surface area contributed by atoms with Crippen molar-refractivity contribution in [2.24, 2.45) is 5.73 Å². The maximum Gasteiger partial charge on any atom is 0.313 e. The zero-order valence-corrected chi connectivity index (χ0v) is 9.31. The van der Waals surface area contributed by atoms with E-state index in [1.165, 1.54) is 0 Å². The van der Waals surface area contributed by atoms with Crippen LogP contribution in [0.25, 0.3) is 0 Å². The summed E-state index contributed by atoms with van der Waals surface area (Å²) in [5.74, 6) is 5.93. The summed E-state index contributed by atoms with van der Waals surface area (Å²) < 4.78 is 0. The second kappa shape index (κ2) is 6.31. The molecular weight excluding hydrogens is 176 g/mol. The summed E-state index contributed by atoms with van der Waals surface area (Å²) in [5.41, 5.74) is 4.74. The molecule has 3 heteroatoms. The normalized spacial score (nSPS) is 10.2. The smallest absolute Gasteiger partial charge is 0.313 e. The van der Waals surface area contributed by atoms with Gasteiger partial charge in [0.15, 0.2) is 0 Å². The highest BCUT2D eigenvalue weighted by Crippen LogP contribution is 2.18. The van der Waals surface area contributed by atoms with E-state index in [2.05, 4.69) is 31.0 Å². The van der Waals surface area contributed by atoms with Crippen LogP contribution in [0.2, 0.25) is 0 Å². The van der Waals surface area contributed by atoms with E-state index < -0.39 is 11.6 Å². The maximum atomic E-state index is 10.9. The van der Waals surface area contributed by atoms with E-state index in [9.17, 15) is 4.79 Å². The minimum atomic E-state index is -0.491. The summed E-state index contributed by atoms with van der Waals surface area (Å²) in [4.78, 5) is 10.9. The van der Waals surface area contributed by atoms with Gasteiger partial charge in [0.2, 0.25) is 0 Å². The van der Waals surface area contributed by atoms with Crippen molar-refractivity contribution in [1.29, 1.82) is 0 Å². The zero-order valence-electron chi connectivity index (χ0n) is 9.31. The molecule has 0 saturated heterocycles. The van der Waals surface area contributed by atoms with Gasteiger partial charge in [0.1, 0.15) is 5.54 Å². The van der Waals surface area contributed by atoms with Gasteiger partial charge in [0.05, 0.1) is 0 Å². The molecule has 80 valence electrons. The highest BCUT2D eigenvalue weighted by atomic mass is 16.2. The van der Waals surface area contributed by atoms with Gasteiger partial charge in [-0.3, -0.25) is 0 Å². The lowest BCUT2D eigenvalue weighted by Gasteiger charge is -2.28. The Labute approximate surface area is 86.4 Å². The molecule has 0 rings (SSSR count). The lowest BCUT2D eigenvalue weighted by molar-refractivity contribution is 0.237. The van der Waals surface area contributed by atoms with Gasteiger partial charge in [-0.2, -0.15) is 0 Å². The van der Waals surface area contributed by atoms with E-state index in [1.54, 1.807) is 6.92 Å². The molecule has 0 radical (unpaired) electrons. The van der Waals surface area contributed by atoms with Crippen LogP contribution in [-0.4, -0.2) is 11.6 Å². The van der Waals surface area contributed by atoms with Crippen LogP contribution in [-0.2, 0) is 0 Å². The fourth-order valence-corrected chi connectivity index (χ4v) is 1.73. The van der Waals surface area contributed by atoms with Gasteiger partial charge in [-0.25, -0.2) is 4.79 Å². The maximum absolute atomic E-state index is 10.9. The van der Waals surface area contributed by atoms with Crippen LogP contribution < -0.4 is 11.1 Å². The largest absolute Gasteiger partial charge is 0.352 e. The number of rotatable bonds is 5. The predicted octanol–water partition coefficient (Wildman–Crippen LogP) is 2.02. The number of primary amides is 1. The van der Waals surface area contributed by atoms with E-state index in [0.717, 1.165) is 25.7 Å². The third-order valence-electron chi connectivity index (χ3n) is 2.08. The van der Waals surface area contributed by atoms with Crippen LogP contribution in [0.4, 0.5) is 4.79 Å². The number of carbonyl (C=O) groups excluding carboxylic acids is 1. The molecule has 0 aromatic rings. The van der Waals surface area contributed by atoms with Crippen LogP contribution in [0.15, 0.2) is 0 Å². The topological polar surface area (TPSA) is 55.1 Å². The summed E-state index contributed by atoms with van der Waals surface area (Å²) in [6.45, 7) is 5.93. The molecule has 0 spiro atoms. The fourth-order valence-electron chi connectivity index (χ4n) is 1.73. The van der Waals surface area contributed by atoms with E-state index >= 15 is 0 Å². The molecular formula is C11H20N2O. The van der Waals surface area contributed by atoms with Crippen LogP contribution in [0.1, 0.15) is 46.5 Å². The van der Waals surface area contributed by atoms with Gasteiger partial charge < -0.3 is 11.1 Å². The van der Waals surface area contributed by atoms with Crippen molar-refractivity contribution in [2.45, 2.75) is 52.0 Å². The summed E-state index contributed by atoms with van der Waals surface area (Å²) in [6, 6.07) is -0.491. The molecule has 3 nitrogen and oxygen atoms in total. The molecule has 0 aliphatic carbocycles. The van der Waals surface area contributed by atoms with Crippen molar-refractivity contribution >= 4 is 6.03 Å². The van der Waals surface area contributed by atoms with Crippen molar-refractivity contribution < 1.29 is 4.79 Å². The molecule has 0 aliphatic rings. The highest BCUT2D eigenvalue weighted by Gasteiger charge is 2.26. The summed E-state index contributed by atoms with van der Waals surface area (Å²) in [7, 11) is 0. The van der Waals surface area contributed by atoms with Crippen molar-refractivity contribution in [2.75, 3.05) is 0 Å². The number of nitrogens with two attached hydrogens (primary N) is 1. The van der Waals surface area contributed by atoms with Crippen LogP contribution in [0.3, 0.4) is 0 Å². The summed E-state index contributed by atoms with van der Waals surface area (Å²) in [5, 5.41) is 2.76. The first-order valence-corrected chi connectivity index (χ1v) is 5.11. The minimum absolute atomic E-state index is 0.413. The van der Waals surface area contributed by atoms with E-state index in [0.29, 0.717) is 0 Å². The number of carbonyl (C=O) groups is 1. The Morgan fingerprint density at radius 1 is 1.36 bits per heavy atom. The standard InChI is InChI=1S/C11H20N2O/c1-4-7-11(8-5-2,9-6-3)13-10(12)14/h4-5,7-8H2,1-3H3,(H3,12,13,14). The number of amides is 2. The van der Waals surface area contributed by atoms with E-state index in [-0.39, 0.29) is 0 Å². The summed E-state index contributed by atoms with van der Waals surface area (Å²) in [6.07, 6.45) is 3.67. The Bertz CT molecular complexity index is 231. The number of urea groups is 1. The van der Waals surface area contributed by atoms with Crippen molar-refractivity contribution in [3.8, 4) is 11.8 Å². The Kier molecular flexibility index (Phi) is 5.78. The third kappa shape index (κ3) is 4.18. The fraction of sp³-hybridized carbons (Fsp3) is 0.727. The molecule has 0 aliphatic heterocycles. The quantitative estimate of drug-likeness (QED) is 0.649. The molecule has 0 bridgehead atoms. The molecule has 0 fully saturated rings. The first-order valence-electron chi connectivity index (χ1n) is 5.11. The Hall–Kier alpha value is -1.17. The Balaban J connectivity index is 4.69. The highest BCUT2D eigenvalue weighted by molar-refractivity contribution is 5.73. The molecule has 0 atom stereocenters. The molecule has 0 saturated carbocycles. The molecule has 0 aromatic carbocycles. The number of hydrogen-bond donors (Lipinski definition) is 2. The van der Waals surface area contributed by atoms with Crippen LogP contribution >= 0.6 is 0 Å². The monoisotopic (exact) mass is 196 g/mol. The molecule has 3 N–H and O–H groups in total. The first-order chi connectivity index (χ1) is 6.60. The second-order valence-corrected chi connectivity index (χ2v) is 3.45. The van der Waals surface area contributed by atoms with Gasteiger partial charge in [0.25, 0.3) is 0 Å². The van der Waals surface area contributed by atoms with E-state index in [1.807, 2.05) is 0 Å². The lowest BCUT2D eigenvalue weighted by Crippen LogP contribution is -2.49. The van der Waals surface area contributed by atoms with Gasteiger partial charge in [-0.05, 0) is 19.8 Å². The SMILES string of the molecule is CC#CC(CCC)(CCC)NC(N)=O.